The molecule has 0 aromatic carbocycles. The number of hydrogen-bond donors (Lipinski definition) is 4. The second-order valence-electron chi connectivity index (χ2n) is 13.1. The molecule has 0 aliphatic rings. The smallest absolute Gasteiger partial charge is 0.408 e. The highest BCUT2D eigenvalue weighted by Gasteiger charge is 2.27. The van der Waals surface area contributed by atoms with Gasteiger partial charge in [0.15, 0.2) is 0 Å². The van der Waals surface area contributed by atoms with E-state index in [2.05, 4.69) is 35.1 Å². The summed E-state index contributed by atoms with van der Waals surface area (Å²) >= 11 is 0. The normalized spacial score (nSPS) is 13.0. The molecule has 0 aromatic heterocycles. The molecule has 258 valence electrons. The maximum atomic E-state index is 13.0. The SMILES string of the molecule is CCCCCCCCNC(=O)C(CSSCC(NC(=O)OC(C)(C)C)C(=O)NCCCCCCCC)NC(=O)OC(C)(C)C. The Bertz CT molecular complexity index is 752. The molecule has 10 nitrogen and oxygen atoms in total. The van der Waals surface area contributed by atoms with E-state index in [0.29, 0.717) is 13.1 Å². The lowest BCUT2D eigenvalue weighted by molar-refractivity contribution is -0.123. The van der Waals surface area contributed by atoms with Gasteiger partial charge >= 0.3 is 12.2 Å². The van der Waals surface area contributed by atoms with Gasteiger partial charge in [-0.05, 0) is 54.4 Å². The molecule has 12 heteroatoms. The highest BCUT2D eigenvalue weighted by atomic mass is 33.1. The predicted octanol–water partition coefficient (Wildman–Crippen LogP) is 7.11. The van der Waals surface area contributed by atoms with Gasteiger partial charge in [-0.15, -0.1) is 0 Å². The van der Waals surface area contributed by atoms with Gasteiger partial charge in [-0.25, -0.2) is 9.59 Å². The van der Waals surface area contributed by atoms with Crippen LogP contribution in [0.4, 0.5) is 9.59 Å². The summed E-state index contributed by atoms with van der Waals surface area (Å²) in [6.45, 7) is 16.0. The van der Waals surface area contributed by atoms with Gasteiger partial charge < -0.3 is 30.7 Å². The molecule has 4 N–H and O–H groups in total. The highest BCUT2D eigenvalue weighted by molar-refractivity contribution is 8.76. The first-order valence-corrected chi connectivity index (χ1v) is 19.0. The first-order valence-electron chi connectivity index (χ1n) is 16.5. The predicted molar refractivity (Wildman–Crippen MR) is 184 cm³/mol. The second-order valence-corrected chi connectivity index (χ2v) is 15.6. The Morgan fingerprint density at radius 2 is 0.864 bits per heavy atom. The third kappa shape index (κ3) is 25.5. The molecule has 0 aromatic rings. The lowest BCUT2D eigenvalue weighted by Crippen LogP contribution is -2.50. The summed E-state index contributed by atoms with van der Waals surface area (Å²) in [5, 5.41) is 11.2. The molecule has 0 radical (unpaired) electrons. The topological polar surface area (TPSA) is 135 Å². The van der Waals surface area contributed by atoms with E-state index >= 15 is 0 Å². The molecular formula is C32H62N4O6S2. The minimum absolute atomic E-state index is 0.255. The van der Waals surface area contributed by atoms with Crippen LogP contribution in [0.25, 0.3) is 0 Å². The molecule has 2 unspecified atom stereocenters. The maximum Gasteiger partial charge on any atom is 0.408 e. The number of unbranched alkanes of at least 4 members (excludes halogenated alkanes) is 10. The van der Waals surface area contributed by atoms with Crippen molar-refractivity contribution in [3.8, 4) is 0 Å². The maximum absolute atomic E-state index is 13.0. The van der Waals surface area contributed by atoms with Crippen molar-refractivity contribution in [1.82, 2.24) is 21.3 Å². The van der Waals surface area contributed by atoms with Gasteiger partial charge in [-0.2, -0.15) is 0 Å². The summed E-state index contributed by atoms with van der Waals surface area (Å²) in [5.41, 5.74) is -1.40. The minimum Gasteiger partial charge on any atom is -0.444 e. The summed E-state index contributed by atoms with van der Waals surface area (Å²) in [6, 6.07) is -1.64. The molecule has 2 atom stereocenters. The molecule has 0 saturated carbocycles. The van der Waals surface area contributed by atoms with Crippen molar-refractivity contribution in [3.63, 3.8) is 0 Å². The van der Waals surface area contributed by atoms with Crippen molar-refractivity contribution in [1.29, 1.82) is 0 Å². The van der Waals surface area contributed by atoms with Crippen LogP contribution in [0.5, 0.6) is 0 Å². The molecular weight excluding hydrogens is 601 g/mol. The van der Waals surface area contributed by atoms with Crippen molar-refractivity contribution in [3.05, 3.63) is 0 Å². The largest absolute Gasteiger partial charge is 0.444 e. The van der Waals surface area contributed by atoms with E-state index in [0.717, 1.165) is 38.5 Å². The fourth-order valence-corrected chi connectivity index (χ4v) is 6.31. The molecule has 0 bridgehead atoms. The van der Waals surface area contributed by atoms with Crippen molar-refractivity contribution >= 4 is 45.6 Å². The van der Waals surface area contributed by atoms with Crippen LogP contribution in [0.3, 0.4) is 0 Å². The molecule has 0 saturated heterocycles. The summed E-state index contributed by atoms with van der Waals surface area (Å²) in [6.07, 6.45) is 12.0. The molecule has 4 amide bonds. The quantitative estimate of drug-likeness (QED) is 0.0672. The monoisotopic (exact) mass is 662 g/mol. The zero-order valence-corrected chi connectivity index (χ0v) is 30.4. The molecule has 0 rings (SSSR count). The Kier molecular flexibility index (Phi) is 23.4. The molecule has 0 fully saturated rings. The number of ether oxygens (including phenoxy) is 2. The van der Waals surface area contributed by atoms with Crippen LogP contribution in [0, 0.1) is 0 Å². The Morgan fingerprint density at radius 1 is 0.545 bits per heavy atom. The fourth-order valence-electron chi connectivity index (χ4n) is 3.98. The van der Waals surface area contributed by atoms with E-state index in [9.17, 15) is 19.2 Å². The summed E-state index contributed by atoms with van der Waals surface area (Å²) in [4.78, 5) is 50.9. The van der Waals surface area contributed by atoms with Crippen LogP contribution in [0.15, 0.2) is 0 Å². The summed E-state index contributed by atoms with van der Waals surface area (Å²) in [7, 11) is 2.68. The van der Waals surface area contributed by atoms with Gasteiger partial charge in [0, 0.05) is 24.6 Å². The number of alkyl carbamates (subject to hydrolysis) is 2. The number of carbonyl (C=O) groups excluding carboxylic acids is 4. The third-order valence-electron chi connectivity index (χ3n) is 6.23. The number of amides is 4. The Hall–Kier alpha value is -1.82. The number of rotatable bonds is 23. The average Bonchev–Trinajstić information content (AvgIpc) is 2.90. The van der Waals surface area contributed by atoms with E-state index in [1.807, 2.05) is 0 Å². The molecule has 0 heterocycles. The van der Waals surface area contributed by atoms with Gasteiger partial charge in [0.05, 0.1) is 0 Å². The van der Waals surface area contributed by atoms with E-state index in [1.165, 1.54) is 60.1 Å². The zero-order chi connectivity index (χ0) is 33.4. The van der Waals surface area contributed by atoms with E-state index in [-0.39, 0.29) is 23.3 Å². The zero-order valence-electron chi connectivity index (χ0n) is 28.7. The number of carbonyl (C=O) groups is 4. The van der Waals surface area contributed by atoms with Gasteiger partial charge in [-0.3, -0.25) is 9.59 Å². The first-order chi connectivity index (χ1) is 20.7. The van der Waals surface area contributed by atoms with Crippen molar-refractivity contribution in [2.75, 3.05) is 24.6 Å². The first kappa shape index (κ1) is 42.2. The summed E-state index contributed by atoms with van der Waals surface area (Å²) < 4.78 is 10.7. The number of hydrogen-bond acceptors (Lipinski definition) is 8. The molecule has 0 aliphatic heterocycles. The van der Waals surface area contributed by atoms with E-state index < -0.39 is 35.5 Å². The second kappa shape index (κ2) is 24.4. The molecule has 0 spiro atoms. The van der Waals surface area contributed by atoms with Crippen molar-refractivity contribution in [2.45, 2.75) is 156 Å². The van der Waals surface area contributed by atoms with Crippen LogP contribution < -0.4 is 21.3 Å². The third-order valence-corrected chi connectivity index (χ3v) is 8.65. The van der Waals surface area contributed by atoms with Gasteiger partial charge in [0.2, 0.25) is 11.8 Å². The highest BCUT2D eigenvalue weighted by Crippen LogP contribution is 2.24. The van der Waals surface area contributed by atoms with Gasteiger partial charge in [-0.1, -0.05) is 99.6 Å². The van der Waals surface area contributed by atoms with Crippen LogP contribution in [0.2, 0.25) is 0 Å². The van der Waals surface area contributed by atoms with E-state index in [4.69, 9.17) is 9.47 Å². The van der Waals surface area contributed by atoms with Crippen LogP contribution >= 0.6 is 21.6 Å². The lowest BCUT2D eigenvalue weighted by Gasteiger charge is -2.24. The minimum atomic E-state index is -0.818. The van der Waals surface area contributed by atoms with Crippen molar-refractivity contribution < 1.29 is 28.7 Å². The lowest BCUT2D eigenvalue weighted by atomic mass is 10.1. The van der Waals surface area contributed by atoms with Crippen molar-refractivity contribution in [2.24, 2.45) is 0 Å². The number of nitrogens with one attached hydrogen (secondary N) is 4. The Morgan fingerprint density at radius 3 is 1.18 bits per heavy atom. The summed E-state index contributed by atoms with van der Waals surface area (Å²) in [5.74, 6) is -0.0505. The Balaban J connectivity index is 5.08. The van der Waals surface area contributed by atoms with Crippen LogP contribution in [-0.4, -0.2) is 71.9 Å². The van der Waals surface area contributed by atoms with E-state index in [1.54, 1.807) is 41.5 Å². The van der Waals surface area contributed by atoms with Gasteiger partial charge in [0.1, 0.15) is 23.3 Å². The Labute approximate surface area is 275 Å². The standard InChI is InChI=1S/C32H62N4O6S2/c1-9-11-13-15-17-19-21-33-27(37)25(35-29(39)41-31(3,4)5)23-43-44-24-26(36-30(40)42-32(6,7)8)28(38)34-22-20-18-16-14-12-10-2/h25-26H,9-24H2,1-8H3,(H,33,37)(H,34,38)(H,35,39)(H,36,40). The molecule has 0 aliphatic carbocycles. The van der Waals surface area contributed by atoms with Crippen LogP contribution in [0.1, 0.15) is 132 Å². The van der Waals surface area contributed by atoms with Crippen LogP contribution in [-0.2, 0) is 19.1 Å². The molecule has 44 heavy (non-hydrogen) atoms. The fraction of sp³-hybridized carbons (Fsp3) is 0.875. The average molecular weight is 663 g/mol. The van der Waals surface area contributed by atoms with Gasteiger partial charge in [0.25, 0.3) is 0 Å².